The number of pyridine rings is 1. The number of aromatic nitrogens is 2. The van der Waals surface area contributed by atoms with Gasteiger partial charge in [-0.3, -0.25) is 19.5 Å². The van der Waals surface area contributed by atoms with Crippen molar-refractivity contribution in [1.29, 1.82) is 0 Å². The Morgan fingerprint density at radius 1 is 1.11 bits per heavy atom. The van der Waals surface area contributed by atoms with Gasteiger partial charge in [0, 0.05) is 12.3 Å². The molecule has 1 unspecified atom stereocenters. The molecule has 9 nitrogen and oxygen atoms in total. The third kappa shape index (κ3) is 4.31. The number of halogens is 1. The Bertz CT molecular complexity index is 1590. The molecule has 5 rings (SSSR count). The summed E-state index contributed by atoms with van der Waals surface area (Å²) in [6, 6.07) is 12.4. The molecule has 0 spiro atoms. The molecule has 1 amide bonds. The van der Waals surface area contributed by atoms with Crippen LogP contribution in [0.5, 0.6) is 17.2 Å². The van der Waals surface area contributed by atoms with Gasteiger partial charge in [-0.2, -0.15) is 0 Å². The van der Waals surface area contributed by atoms with Crippen LogP contribution >= 0.6 is 22.9 Å². The second-order valence-corrected chi connectivity index (χ2v) is 9.59. The monoisotopic (exact) mass is 551 g/mol. The molecule has 11 heteroatoms. The number of aliphatic hydroxyl groups is 1. The number of ether oxygens (including phenoxy) is 3. The first-order chi connectivity index (χ1) is 18.4. The fraction of sp³-hybridized carbons (Fsp3) is 0.185. The molecule has 1 N–H and O–H groups in total. The van der Waals surface area contributed by atoms with Crippen LogP contribution in [0.3, 0.4) is 0 Å². The van der Waals surface area contributed by atoms with Crippen LogP contribution in [0, 0.1) is 0 Å². The average molecular weight is 552 g/mol. The van der Waals surface area contributed by atoms with E-state index in [1.165, 1.54) is 42.6 Å². The van der Waals surface area contributed by atoms with Gasteiger partial charge < -0.3 is 19.3 Å². The quantitative estimate of drug-likeness (QED) is 0.185. The number of ketones is 1. The van der Waals surface area contributed by atoms with Gasteiger partial charge in [-0.25, -0.2) is 4.98 Å². The molecule has 2 aromatic heterocycles. The summed E-state index contributed by atoms with van der Waals surface area (Å²) in [5.74, 6) is -0.989. The molecule has 0 radical (unpaired) electrons. The van der Waals surface area contributed by atoms with Crippen molar-refractivity contribution < 1.29 is 28.9 Å². The van der Waals surface area contributed by atoms with E-state index in [9.17, 15) is 14.7 Å². The van der Waals surface area contributed by atoms with Crippen molar-refractivity contribution in [2.45, 2.75) is 13.0 Å². The molecule has 1 fully saturated rings. The van der Waals surface area contributed by atoms with E-state index in [0.717, 1.165) is 4.70 Å². The van der Waals surface area contributed by atoms with Crippen molar-refractivity contribution in [2.24, 2.45) is 0 Å². The highest BCUT2D eigenvalue weighted by Gasteiger charge is 2.49. The third-order valence-electron chi connectivity index (χ3n) is 6.01. The number of anilines is 1. The predicted molar refractivity (Wildman–Crippen MR) is 144 cm³/mol. The Hall–Kier alpha value is -4.15. The van der Waals surface area contributed by atoms with Gasteiger partial charge in [-0.15, -0.1) is 0 Å². The minimum Gasteiger partial charge on any atom is -0.507 e. The number of aliphatic hydroxyl groups excluding tert-OH is 1. The summed E-state index contributed by atoms with van der Waals surface area (Å²) < 4.78 is 17.0. The molecule has 194 valence electrons. The van der Waals surface area contributed by atoms with E-state index in [1.807, 2.05) is 13.0 Å². The highest BCUT2D eigenvalue weighted by atomic mass is 35.5. The molecule has 4 aromatic rings. The number of fused-ring (bicyclic) bond motifs is 1. The van der Waals surface area contributed by atoms with Crippen LogP contribution < -0.4 is 19.1 Å². The van der Waals surface area contributed by atoms with Crippen molar-refractivity contribution in [3.8, 4) is 17.2 Å². The lowest BCUT2D eigenvalue weighted by atomic mass is 9.98. The number of benzene rings is 2. The Kier molecular flexibility index (Phi) is 6.92. The Morgan fingerprint density at radius 3 is 2.58 bits per heavy atom. The van der Waals surface area contributed by atoms with Crippen molar-refractivity contribution in [1.82, 2.24) is 9.97 Å². The fourth-order valence-electron chi connectivity index (χ4n) is 4.29. The van der Waals surface area contributed by atoms with Gasteiger partial charge in [-0.1, -0.05) is 29.0 Å². The van der Waals surface area contributed by atoms with Gasteiger partial charge >= 0.3 is 5.91 Å². The van der Waals surface area contributed by atoms with E-state index in [0.29, 0.717) is 29.3 Å². The van der Waals surface area contributed by atoms with Gasteiger partial charge in [0.15, 0.2) is 5.13 Å². The van der Waals surface area contributed by atoms with E-state index in [-0.39, 0.29) is 27.0 Å². The molecular weight excluding hydrogens is 530 g/mol. The molecule has 1 atom stereocenters. The third-order valence-corrected chi connectivity index (χ3v) is 7.32. The lowest BCUT2D eigenvalue weighted by molar-refractivity contribution is -0.132. The van der Waals surface area contributed by atoms with Gasteiger partial charge in [0.1, 0.15) is 29.0 Å². The summed E-state index contributed by atoms with van der Waals surface area (Å²) in [7, 11) is 2.86. The summed E-state index contributed by atoms with van der Waals surface area (Å²) in [5, 5.41) is 12.0. The average Bonchev–Trinajstić information content (AvgIpc) is 3.46. The smallest absolute Gasteiger partial charge is 0.301 e. The van der Waals surface area contributed by atoms with E-state index in [4.69, 9.17) is 25.8 Å². The molecule has 1 aliphatic rings. The molecule has 0 bridgehead atoms. The molecule has 38 heavy (non-hydrogen) atoms. The maximum atomic E-state index is 13.5. The summed E-state index contributed by atoms with van der Waals surface area (Å²) in [5.41, 5.74) is 0.977. The zero-order valence-corrected chi connectivity index (χ0v) is 22.2. The summed E-state index contributed by atoms with van der Waals surface area (Å²) in [6.07, 6.45) is 1.55. The normalized spacial score (nSPS) is 16.7. The minimum absolute atomic E-state index is 0.128. The van der Waals surface area contributed by atoms with Crippen LogP contribution in [0.2, 0.25) is 5.02 Å². The number of thiazole rings is 1. The van der Waals surface area contributed by atoms with Crippen LogP contribution in [0.25, 0.3) is 16.0 Å². The van der Waals surface area contributed by atoms with Crippen molar-refractivity contribution in [3.05, 3.63) is 76.6 Å². The molecule has 0 saturated carbocycles. The number of methoxy groups -OCH3 is 2. The lowest BCUT2D eigenvalue weighted by Gasteiger charge is -2.22. The van der Waals surface area contributed by atoms with E-state index < -0.39 is 23.5 Å². The number of carbonyl (C=O) groups excluding carboxylic acids is 2. The van der Waals surface area contributed by atoms with Crippen LogP contribution in [0.1, 0.15) is 24.2 Å². The second kappa shape index (κ2) is 10.3. The van der Waals surface area contributed by atoms with Gasteiger partial charge in [0.2, 0.25) is 0 Å². The van der Waals surface area contributed by atoms with Crippen molar-refractivity contribution in [3.63, 3.8) is 0 Å². The Labute approximate surface area is 226 Å². The molecule has 1 aliphatic heterocycles. The first-order valence-corrected chi connectivity index (χ1v) is 12.7. The lowest BCUT2D eigenvalue weighted by Crippen LogP contribution is -2.29. The second-order valence-electron chi connectivity index (χ2n) is 8.17. The number of nitrogens with zero attached hydrogens (tertiary/aromatic N) is 3. The van der Waals surface area contributed by atoms with E-state index >= 15 is 0 Å². The standard InChI is InChI=1S/C27H22ClN3O6S/c1-4-37-14-8-9-17-21(11-14)38-27(30-17)31-23(18-7-5-6-10-29-18)22(25(33)26(31)34)24(32)15-12-16(28)20(36-3)13-19(15)35-2/h5-13,23,32H,4H2,1-3H3/b24-22+. The topological polar surface area (TPSA) is 111 Å². The maximum Gasteiger partial charge on any atom is 0.301 e. The summed E-state index contributed by atoms with van der Waals surface area (Å²) in [6.45, 7) is 2.39. The molecule has 0 aliphatic carbocycles. The van der Waals surface area contributed by atoms with E-state index in [2.05, 4.69) is 9.97 Å². The van der Waals surface area contributed by atoms with Crippen molar-refractivity contribution >= 4 is 55.7 Å². The first-order valence-electron chi connectivity index (χ1n) is 11.5. The van der Waals surface area contributed by atoms with E-state index in [1.54, 1.807) is 36.5 Å². The summed E-state index contributed by atoms with van der Waals surface area (Å²) >= 11 is 7.56. The zero-order valence-electron chi connectivity index (χ0n) is 20.6. The molecule has 2 aromatic carbocycles. The van der Waals surface area contributed by atoms with Crippen molar-refractivity contribution in [2.75, 3.05) is 25.7 Å². The van der Waals surface area contributed by atoms with Crippen LogP contribution in [0.4, 0.5) is 5.13 Å². The number of hydrogen-bond acceptors (Lipinski definition) is 9. The SMILES string of the molecule is CCOc1ccc2nc(N3C(=O)C(=O)/C(=C(/O)c4cc(Cl)c(OC)cc4OC)C3c3ccccn3)sc2c1. The van der Waals surface area contributed by atoms with Crippen LogP contribution in [-0.4, -0.2) is 47.6 Å². The zero-order chi connectivity index (χ0) is 27.0. The highest BCUT2D eigenvalue weighted by molar-refractivity contribution is 7.22. The highest BCUT2D eigenvalue weighted by Crippen LogP contribution is 2.46. The summed E-state index contributed by atoms with van der Waals surface area (Å²) in [4.78, 5) is 37.2. The first kappa shape index (κ1) is 25.5. The molecule has 1 saturated heterocycles. The number of Topliss-reactive ketones (excluding diaryl/α,β-unsaturated/α-hetero) is 1. The van der Waals surface area contributed by atoms with Crippen LogP contribution in [0.15, 0.2) is 60.3 Å². The minimum atomic E-state index is -1.05. The number of carbonyl (C=O) groups is 2. The number of hydrogen-bond donors (Lipinski definition) is 1. The van der Waals surface area contributed by atoms with Crippen LogP contribution in [-0.2, 0) is 9.59 Å². The van der Waals surface area contributed by atoms with Gasteiger partial charge in [0.05, 0.1) is 52.9 Å². The Balaban J connectivity index is 1.71. The predicted octanol–water partition coefficient (Wildman–Crippen LogP) is 5.39. The molecular formula is C27H22ClN3O6S. The number of rotatable bonds is 7. The molecule has 3 heterocycles. The van der Waals surface area contributed by atoms with Gasteiger partial charge in [-0.05, 0) is 43.3 Å². The largest absolute Gasteiger partial charge is 0.507 e. The fourth-order valence-corrected chi connectivity index (χ4v) is 5.55. The Morgan fingerprint density at radius 2 is 1.89 bits per heavy atom. The maximum absolute atomic E-state index is 13.5. The number of amides is 1. The van der Waals surface area contributed by atoms with Gasteiger partial charge in [0.25, 0.3) is 5.78 Å².